The molecule has 7 atom stereocenters. The van der Waals surface area contributed by atoms with Gasteiger partial charge in [0.15, 0.2) is 5.76 Å². The van der Waals surface area contributed by atoms with Crippen LogP contribution in [0.15, 0.2) is 23.2 Å². The molecule has 0 amide bonds. The average Bonchev–Trinajstić information content (AvgIpc) is 2.85. The molecule has 0 aromatic carbocycles. The number of allylic oxidation sites excluding steroid dienone is 3. The third-order valence-corrected chi connectivity index (χ3v) is 8.61. The molecular formula is C22H30O4. The van der Waals surface area contributed by atoms with Crippen molar-refractivity contribution in [1.29, 1.82) is 0 Å². The molecule has 0 saturated heterocycles. The van der Waals surface area contributed by atoms with Crippen molar-refractivity contribution in [3.8, 4) is 0 Å². The van der Waals surface area contributed by atoms with Gasteiger partial charge in [0.05, 0.1) is 5.41 Å². The van der Waals surface area contributed by atoms with Crippen molar-refractivity contribution < 1.29 is 19.8 Å². The van der Waals surface area contributed by atoms with Crippen LogP contribution in [-0.2, 0) is 9.59 Å². The van der Waals surface area contributed by atoms with Gasteiger partial charge in [-0.05, 0) is 81.1 Å². The predicted molar refractivity (Wildman–Crippen MR) is 98.5 cm³/mol. The van der Waals surface area contributed by atoms with Gasteiger partial charge < -0.3 is 10.2 Å². The number of rotatable bonds is 1. The van der Waals surface area contributed by atoms with E-state index >= 15 is 0 Å². The summed E-state index contributed by atoms with van der Waals surface area (Å²) in [6, 6.07) is 0. The van der Waals surface area contributed by atoms with Gasteiger partial charge in [-0.2, -0.15) is 0 Å². The van der Waals surface area contributed by atoms with Crippen LogP contribution in [0.25, 0.3) is 0 Å². The molecule has 0 aliphatic heterocycles. The fourth-order valence-electron chi connectivity index (χ4n) is 7.59. The normalized spacial score (nSPS) is 47.8. The van der Waals surface area contributed by atoms with Gasteiger partial charge in [0.1, 0.15) is 5.78 Å². The zero-order valence-electron chi connectivity index (χ0n) is 16.2. The van der Waals surface area contributed by atoms with Crippen molar-refractivity contribution >= 4 is 11.6 Å². The smallest absolute Gasteiger partial charge is 0.211 e. The minimum absolute atomic E-state index is 0.0295. The van der Waals surface area contributed by atoms with Gasteiger partial charge >= 0.3 is 0 Å². The third-order valence-electron chi connectivity index (χ3n) is 8.61. The van der Waals surface area contributed by atoms with Crippen molar-refractivity contribution in [2.24, 2.45) is 40.4 Å². The molecule has 4 rings (SSSR count). The van der Waals surface area contributed by atoms with Crippen molar-refractivity contribution in [3.05, 3.63) is 23.2 Å². The van der Waals surface area contributed by atoms with Gasteiger partial charge in [-0.3, -0.25) is 9.59 Å². The molecule has 0 spiro atoms. The van der Waals surface area contributed by atoms with E-state index < -0.39 is 11.2 Å². The summed E-state index contributed by atoms with van der Waals surface area (Å²) < 4.78 is 0. The Morgan fingerprint density at radius 2 is 1.88 bits per heavy atom. The molecule has 4 nitrogen and oxygen atoms in total. The molecule has 3 saturated carbocycles. The maximum atomic E-state index is 13.0. The number of Topliss-reactive ketones (excluding diaryl/α,β-unsaturated/α-hetero) is 2. The van der Waals surface area contributed by atoms with E-state index in [1.54, 1.807) is 13.0 Å². The fourth-order valence-corrected chi connectivity index (χ4v) is 7.59. The lowest BCUT2D eigenvalue weighted by Crippen LogP contribution is -2.53. The minimum Gasteiger partial charge on any atom is -0.504 e. The maximum absolute atomic E-state index is 13.0. The second-order valence-electron chi connectivity index (χ2n) is 9.70. The van der Waals surface area contributed by atoms with Gasteiger partial charge in [-0.15, -0.1) is 0 Å². The first-order valence-electron chi connectivity index (χ1n) is 10.0. The van der Waals surface area contributed by atoms with Gasteiger partial charge in [0, 0.05) is 5.92 Å². The minimum atomic E-state index is -0.710. The molecule has 142 valence electrons. The highest BCUT2D eigenvalue weighted by molar-refractivity contribution is 6.02. The third kappa shape index (κ3) is 2.02. The van der Waals surface area contributed by atoms with Crippen LogP contribution in [-0.4, -0.2) is 21.8 Å². The number of aliphatic hydroxyl groups excluding tert-OH is 2. The number of fused-ring (bicyclic) bond motifs is 5. The van der Waals surface area contributed by atoms with Crippen LogP contribution in [0.5, 0.6) is 0 Å². The Hall–Kier alpha value is -1.58. The van der Waals surface area contributed by atoms with E-state index in [2.05, 4.69) is 13.8 Å². The summed E-state index contributed by atoms with van der Waals surface area (Å²) in [6.45, 7) is 8.20. The van der Waals surface area contributed by atoms with Gasteiger partial charge in [-0.1, -0.05) is 19.4 Å². The van der Waals surface area contributed by atoms with Crippen LogP contribution in [0.3, 0.4) is 0 Å². The molecule has 0 bridgehead atoms. The van der Waals surface area contributed by atoms with Crippen LogP contribution in [0.4, 0.5) is 0 Å². The standard InChI is InChI=1S/C22H30O4/c1-11-9-16-14-6-5-13-10-17(24)19(25)20(26)22(13,4)15(14)7-8-21(16,3)18(11)12(2)23/h10-11,14-16,18,24-25H,5-9H2,1-4H3/t11-,14-,15+,16+,18+,21+,22+/m1/s1. The molecule has 2 N–H and O–H groups in total. The highest BCUT2D eigenvalue weighted by atomic mass is 16.3. The summed E-state index contributed by atoms with van der Waals surface area (Å²) in [5.41, 5.74) is 0.289. The lowest BCUT2D eigenvalue weighted by molar-refractivity contribution is -0.138. The number of carbonyl (C=O) groups is 2. The molecule has 0 heterocycles. The number of carbonyl (C=O) groups excluding carboxylic acids is 2. The highest BCUT2D eigenvalue weighted by Crippen LogP contribution is 2.67. The molecule has 4 aliphatic rings. The summed E-state index contributed by atoms with van der Waals surface area (Å²) in [5, 5.41) is 20.0. The van der Waals surface area contributed by atoms with E-state index in [0.29, 0.717) is 23.5 Å². The molecule has 0 aromatic rings. The Balaban J connectivity index is 1.74. The molecule has 0 unspecified atom stereocenters. The molecular weight excluding hydrogens is 328 g/mol. The number of hydrogen-bond acceptors (Lipinski definition) is 4. The van der Waals surface area contributed by atoms with E-state index in [1.165, 1.54) is 0 Å². The van der Waals surface area contributed by atoms with Crippen LogP contribution >= 0.6 is 0 Å². The van der Waals surface area contributed by atoms with Gasteiger partial charge in [-0.25, -0.2) is 0 Å². The Labute approximate surface area is 155 Å². The highest BCUT2D eigenvalue weighted by Gasteiger charge is 2.63. The van der Waals surface area contributed by atoms with Crippen LogP contribution < -0.4 is 0 Å². The molecule has 0 aromatic heterocycles. The van der Waals surface area contributed by atoms with E-state index in [1.807, 2.05) is 6.92 Å². The maximum Gasteiger partial charge on any atom is 0.211 e. The van der Waals surface area contributed by atoms with E-state index in [-0.39, 0.29) is 28.8 Å². The Morgan fingerprint density at radius 3 is 2.54 bits per heavy atom. The lowest BCUT2D eigenvalue weighted by Gasteiger charge is -2.56. The molecule has 4 heteroatoms. The van der Waals surface area contributed by atoms with E-state index in [9.17, 15) is 19.8 Å². The summed E-state index contributed by atoms with van der Waals surface area (Å²) in [7, 11) is 0. The fraction of sp³-hybridized carbons (Fsp3) is 0.727. The van der Waals surface area contributed by atoms with Crippen molar-refractivity contribution in [1.82, 2.24) is 0 Å². The zero-order valence-corrected chi connectivity index (χ0v) is 16.2. The van der Waals surface area contributed by atoms with Crippen molar-refractivity contribution in [2.45, 2.75) is 59.8 Å². The van der Waals surface area contributed by atoms with Crippen molar-refractivity contribution in [2.75, 3.05) is 0 Å². The molecule has 4 aliphatic carbocycles. The first-order chi connectivity index (χ1) is 12.1. The molecule has 26 heavy (non-hydrogen) atoms. The first kappa shape index (κ1) is 17.8. The molecule has 0 radical (unpaired) electrons. The Bertz CT molecular complexity index is 747. The summed E-state index contributed by atoms with van der Waals surface area (Å²) in [6.07, 6.45) is 6.33. The SMILES string of the molecule is CC(=O)[C@@H]1[C@H](C)C[C@H]2[C@@H]3CCC4=CC(O)=C(O)C(=O)[C@]4(C)[C@H]3CC[C@]12C. The van der Waals surface area contributed by atoms with Gasteiger partial charge in [0.25, 0.3) is 0 Å². The van der Waals surface area contributed by atoms with Crippen molar-refractivity contribution in [3.63, 3.8) is 0 Å². The van der Waals surface area contributed by atoms with Crippen LogP contribution in [0.2, 0.25) is 0 Å². The zero-order chi connectivity index (χ0) is 19.0. The van der Waals surface area contributed by atoms with E-state index in [4.69, 9.17) is 0 Å². The van der Waals surface area contributed by atoms with Crippen LogP contribution in [0.1, 0.15) is 59.8 Å². The number of aliphatic hydroxyl groups is 2. The van der Waals surface area contributed by atoms with Crippen LogP contribution in [0, 0.1) is 40.4 Å². The largest absolute Gasteiger partial charge is 0.504 e. The summed E-state index contributed by atoms with van der Waals surface area (Å²) in [5.74, 6) is 0.781. The predicted octanol–water partition coefficient (Wildman–Crippen LogP) is 4.52. The quantitative estimate of drug-likeness (QED) is 0.723. The number of hydrogen-bond donors (Lipinski definition) is 2. The topological polar surface area (TPSA) is 74.6 Å². The number of ketones is 2. The first-order valence-corrected chi connectivity index (χ1v) is 10.0. The van der Waals surface area contributed by atoms with E-state index in [0.717, 1.165) is 37.7 Å². The summed E-state index contributed by atoms with van der Waals surface area (Å²) >= 11 is 0. The Morgan fingerprint density at radius 1 is 1.19 bits per heavy atom. The Kier molecular flexibility index (Phi) is 3.74. The van der Waals surface area contributed by atoms with Gasteiger partial charge in [0.2, 0.25) is 11.5 Å². The second-order valence-corrected chi connectivity index (χ2v) is 9.70. The average molecular weight is 358 g/mol. The summed E-state index contributed by atoms with van der Waals surface area (Å²) in [4.78, 5) is 25.4. The molecule has 3 fully saturated rings. The monoisotopic (exact) mass is 358 g/mol. The lowest BCUT2D eigenvalue weighted by atomic mass is 9.46. The second kappa shape index (κ2) is 5.46.